The van der Waals surface area contributed by atoms with E-state index in [0.29, 0.717) is 0 Å². The summed E-state index contributed by atoms with van der Waals surface area (Å²) in [5.41, 5.74) is 0. The molecule has 0 spiro atoms. The standard InChI is InChI=1S/3NO3.H2O.Ru/c3*2-1(3)4;;/h;;;1H2;/q3*-1;;+3. The van der Waals surface area contributed by atoms with Crippen LogP contribution in [0.1, 0.15) is 0 Å². The van der Waals surface area contributed by atoms with E-state index in [1.165, 1.54) is 0 Å². The van der Waals surface area contributed by atoms with Crippen LogP contribution in [0.25, 0.3) is 0 Å². The Kier molecular flexibility index (Phi) is 47.4. The molecule has 0 aromatic rings. The first-order valence-electron chi connectivity index (χ1n) is 1.64. The molecular weight excluding hydrogens is 303 g/mol. The molecule has 0 fully saturated rings. The van der Waals surface area contributed by atoms with Gasteiger partial charge in [-0.3, -0.25) is 0 Å². The average molecular weight is 305 g/mol. The van der Waals surface area contributed by atoms with Gasteiger partial charge in [-0.25, -0.2) is 0 Å². The molecule has 0 aliphatic carbocycles. The van der Waals surface area contributed by atoms with Crippen molar-refractivity contribution in [1.82, 2.24) is 0 Å². The Hall–Kier alpha value is -1.82. The van der Waals surface area contributed by atoms with Crippen molar-refractivity contribution in [3.63, 3.8) is 0 Å². The maximum atomic E-state index is 8.25. The van der Waals surface area contributed by atoms with Crippen LogP contribution in [0.3, 0.4) is 0 Å². The van der Waals surface area contributed by atoms with Crippen LogP contribution in [0.2, 0.25) is 0 Å². The van der Waals surface area contributed by atoms with Crippen LogP contribution >= 0.6 is 0 Å². The smallest absolute Gasteiger partial charge is 0.412 e. The summed E-state index contributed by atoms with van der Waals surface area (Å²) in [5.74, 6) is 0. The van der Waals surface area contributed by atoms with Crippen LogP contribution in [0, 0.1) is 46.0 Å². The molecule has 14 heteroatoms. The van der Waals surface area contributed by atoms with Gasteiger partial charge >= 0.3 is 19.5 Å². The fraction of sp³-hybridized carbons (Fsp3) is 0. The van der Waals surface area contributed by atoms with Crippen molar-refractivity contribution < 1.29 is 40.2 Å². The van der Waals surface area contributed by atoms with E-state index in [2.05, 4.69) is 0 Å². The third-order valence-corrected chi connectivity index (χ3v) is 0. The van der Waals surface area contributed by atoms with Crippen LogP contribution in [0.5, 0.6) is 0 Å². The molecule has 0 saturated carbocycles. The largest absolute Gasteiger partial charge is 3.00 e. The van der Waals surface area contributed by atoms with E-state index in [1.54, 1.807) is 0 Å². The summed E-state index contributed by atoms with van der Waals surface area (Å²) in [6.45, 7) is 0. The molecule has 13 nitrogen and oxygen atoms in total. The minimum Gasteiger partial charge on any atom is -0.412 e. The molecule has 14 heavy (non-hydrogen) atoms. The molecule has 0 atom stereocenters. The molecule has 0 aliphatic rings. The first-order chi connectivity index (χ1) is 5.20. The number of rotatable bonds is 0. The molecule has 0 aliphatic heterocycles. The maximum absolute atomic E-state index is 8.25. The van der Waals surface area contributed by atoms with Crippen molar-refractivity contribution in [3.8, 4) is 0 Å². The first-order valence-corrected chi connectivity index (χ1v) is 1.64. The Morgan fingerprint density at radius 3 is 0.571 bits per heavy atom. The normalized spacial score (nSPS) is 5.14. The second-order valence-corrected chi connectivity index (χ2v) is 0.671. The fourth-order valence-electron chi connectivity index (χ4n) is 0. The van der Waals surface area contributed by atoms with Crippen molar-refractivity contribution in [3.05, 3.63) is 46.0 Å². The number of hydrogen-bond donors (Lipinski definition) is 0. The molecule has 0 saturated heterocycles. The van der Waals surface area contributed by atoms with Gasteiger partial charge in [0, 0.05) is 0 Å². The van der Waals surface area contributed by atoms with E-state index in [-0.39, 0.29) is 25.0 Å². The van der Waals surface area contributed by atoms with E-state index < -0.39 is 15.3 Å². The second kappa shape index (κ2) is 22.5. The van der Waals surface area contributed by atoms with Gasteiger partial charge in [0.2, 0.25) is 0 Å². The van der Waals surface area contributed by atoms with Crippen molar-refractivity contribution >= 4 is 0 Å². The Bertz CT molecular complexity index is 113. The minimum absolute atomic E-state index is 0. The number of nitrogens with zero attached hydrogens (tertiary/aromatic N) is 3. The zero-order valence-corrected chi connectivity index (χ0v) is 7.61. The average Bonchev–Trinajstić information content (AvgIpc) is 1.54. The van der Waals surface area contributed by atoms with E-state index in [4.69, 9.17) is 46.0 Å². The maximum Gasteiger partial charge on any atom is 3.00 e. The zero-order chi connectivity index (χ0) is 10.7. The summed E-state index contributed by atoms with van der Waals surface area (Å²) in [6, 6.07) is 0. The van der Waals surface area contributed by atoms with Crippen molar-refractivity contribution in [1.29, 1.82) is 0 Å². The molecule has 0 aromatic carbocycles. The monoisotopic (exact) mass is 306 g/mol. The van der Waals surface area contributed by atoms with Gasteiger partial charge < -0.3 is 51.4 Å². The first kappa shape index (κ1) is 29.5. The molecule has 0 rings (SSSR count). The van der Waals surface area contributed by atoms with Gasteiger partial charge in [0.05, 0.1) is 15.3 Å². The minimum atomic E-state index is -1.75. The van der Waals surface area contributed by atoms with Gasteiger partial charge in [-0.05, 0) is 0 Å². The molecule has 0 unspecified atom stereocenters. The van der Waals surface area contributed by atoms with Crippen LogP contribution in [0.4, 0.5) is 0 Å². The summed E-state index contributed by atoms with van der Waals surface area (Å²) >= 11 is 0. The Morgan fingerprint density at radius 1 is 0.571 bits per heavy atom. The third-order valence-electron chi connectivity index (χ3n) is 0. The third kappa shape index (κ3) is 260. The zero-order valence-electron chi connectivity index (χ0n) is 5.87. The molecule has 85 valence electrons. The van der Waals surface area contributed by atoms with Gasteiger partial charge in [0.25, 0.3) is 0 Å². The van der Waals surface area contributed by atoms with Crippen molar-refractivity contribution in [2.45, 2.75) is 0 Å². The van der Waals surface area contributed by atoms with E-state index in [9.17, 15) is 0 Å². The fourth-order valence-corrected chi connectivity index (χ4v) is 0. The predicted octanol–water partition coefficient (Wildman–Crippen LogP) is -1.54. The van der Waals surface area contributed by atoms with E-state index >= 15 is 0 Å². The van der Waals surface area contributed by atoms with Crippen LogP contribution in [-0.2, 0) is 19.5 Å². The molecular formula is H2N3O10Ru. The predicted molar refractivity (Wildman–Crippen MR) is 34.7 cm³/mol. The summed E-state index contributed by atoms with van der Waals surface area (Å²) in [4.78, 5) is 24.8. The molecule has 0 heterocycles. The SMILES string of the molecule is O.O=[N+]([O-])[O-].O=[N+]([O-])[O-].O=[N+]([O-])[O-].[Ru+3]. The van der Waals surface area contributed by atoms with Crippen molar-refractivity contribution in [2.75, 3.05) is 0 Å². The Labute approximate surface area is 87.0 Å². The molecule has 0 amide bonds. The summed E-state index contributed by atoms with van der Waals surface area (Å²) < 4.78 is 0. The second-order valence-electron chi connectivity index (χ2n) is 0.671. The molecule has 2 N–H and O–H groups in total. The number of hydrogen-bond acceptors (Lipinski definition) is 9. The van der Waals surface area contributed by atoms with E-state index in [0.717, 1.165) is 0 Å². The van der Waals surface area contributed by atoms with Gasteiger partial charge in [0.1, 0.15) is 0 Å². The topological polar surface area (TPSA) is 230 Å². The van der Waals surface area contributed by atoms with Gasteiger partial charge in [-0.1, -0.05) is 0 Å². The van der Waals surface area contributed by atoms with Crippen LogP contribution in [0.15, 0.2) is 0 Å². The van der Waals surface area contributed by atoms with Gasteiger partial charge in [-0.15, -0.1) is 0 Å². The van der Waals surface area contributed by atoms with Gasteiger partial charge in [-0.2, -0.15) is 0 Å². The quantitative estimate of drug-likeness (QED) is 0.286. The van der Waals surface area contributed by atoms with Crippen LogP contribution < -0.4 is 0 Å². The van der Waals surface area contributed by atoms with Crippen molar-refractivity contribution in [2.24, 2.45) is 0 Å². The summed E-state index contributed by atoms with van der Waals surface area (Å²) in [7, 11) is 0. The van der Waals surface area contributed by atoms with Crippen LogP contribution in [-0.4, -0.2) is 20.7 Å². The Balaban J connectivity index is -0.0000000270. The van der Waals surface area contributed by atoms with E-state index in [1.807, 2.05) is 0 Å². The Morgan fingerprint density at radius 2 is 0.571 bits per heavy atom. The molecule has 0 aromatic heterocycles. The molecule has 0 bridgehead atoms. The summed E-state index contributed by atoms with van der Waals surface area (Å²) in [6.07, 6.45) is 0. The molecule has 1 radical (unpaired) electrons. The summed E-state index contributed by atoms with van der Waals surface area (Å²) in [5, 5.41) is 44.2. The van der Waals surface area contributed by atoms with Gasteiger partial charge in [0.15, 0.2) is 0 Å².